The minimum Gasteiger partial charge on any atom is -0.399 e. The minimum atomic E-state index is 0.712. The van der Waals surface area contributed by atoms with Gasteiger partial charge in [0.15, 0.2) is 5.82 Å². The van der Waals surface area contributed by atoms with Crippen molar-refractivity contribution in [3.8, 4) is 11.4 Å². The lowest BCUT2D eigenvalue weighted by atomic mass is 10.1. The van der Waals surface area contributed by atoms with Crippen molar-refractivity contribution < 1.29 is 0 Å². The van der Waals surface area contributed by atoms with Crippen LogP contribution in [0.2, 0.25) is 5.02 Å². The van der Waals surface area contributed by atoms with Crippen LogP contribution in [0.15, 0.2) is 48.8 Å². The van der Waals surface area contributed by atoms with E-state index in [-0.39, 0.29) is 0 Å². The van der Waals surface area contributed by atoms with Gasteiger partial charge in [0.1, 0.15) is 5.65 Å². The number of nitrogen functional groups attached to an aromatic ring is 1. The Bertz CT molecular complexity index is 1200. The van der Waals surface area contributed by atoms with Gasteiger partial charge in [0.25, 0.3) is 0 Å². The molecule has 6 nitrogen and oxygen atoms in total. The molecule has 4 aromatic rings. The van der Waals surface area contributed by atoms with E-state index in [1.54, 1.807) is 0 Å². The van der Waals surface area contributed by atoms with Crippen LogP contribution in [0.4, 0.5) is 5.69 Å². The summed E-state index contributed by atoms with van der Waals surface area (Å²) in [5.41, 5.74) is 13.0. The number of pyridine rings is 1. The molecule has 0 amide bonds. The third kappa shape index (κ3) is 3.45. The molecule has 2 N–H and O–H groups in total. The maximum absolute atomic E-state index is 6.20. The van der Waals surface area contributed by atoms with Gasteiger partial charge in [-0.05, 0) is 43.3 Å². The van der Waals surface area contributed by atoms with Crippen LogP contribution < -0.4 is 5.73 Å². The number of aryl methyl sites for hydroxylation is 1. The monoisotopic (exact) mass is 404 g/mol. The first kappa shape index (κ1) is 18.1. The zero-order valence-corrected chi connectivity index (χ0v) is 16.9. The minimum absolute atomic E-state index is 0.712. The first-order valence-corrected chi connectivity index (χ1v) is 10.0. The fourth-order valence-corrected chi connectivity index (χ4v) is 4.03. The van der Waals surface area contributed by atoms with E-state index in [2.05, 4.69) is 26.2 Å². The molecular weight excluding hydrogens is 384 g/mol. The normalized spacial score (nSPS) is 14.3. The molecule has 7 heteroatoms. The van der Waals surface area contributed by atoms with Crippen LogP contribution in [-0.2, 0) is 19.5 Å². The van der Waals surface area contributed by atoms with Crippen molar-refractivity contribution in [2.75, 3.05) is 12.3 Å². The van der Waals surface area contributed by atoms with Crippen molar-refractivity contribution in [2.24, 2.45) is 0 Å². The third-order valence-corrected chi connectivity index (χ3v) is 5.66. The number of halogens is 1. The second-order valence-electron chi connectivity index (χ2n) is 7.47. The Kier molecular flexibility index (Phi) is 4.45. The molecule has 0 radical (unpaired) electrons. The lowest BCUT2D eigenvalue weighted by Gasteiger charge is -2.28. The predicted octanol–water partition coefficient (Wildman–Crippen LogP) is 3.89. The molecular formula is C22H21ClN6. The van der Waals surface area contributed by atoms with Crippen LogP contribution in [0, 0.1) is 6.92 Å². The number of imidazole rings is 1. The number of nitrogens with two attached hydrogens (primary N) is 1. The molecule has 0 spiro atoms. The molecule has 0 atom stereocenters. The molecule has 0 aliphatic carbocycles. The van der Waals surface area contributed by atoms with E-state index in [1.165, 1.54) is 11.3 Å². The standard InChI is InChI=1S/C22H21ClN6/c1-14-20(29-12-17(23)4-7-21(29)26-14)13-28-9-8-19-16(11-28)10-25-22(27-19)15-2-5-18(24)6-3-15/h2-7,10,12H,8-9,11,13,24H2,1H3. The van der Waals surface area contributed by atoms with Gasteiger partial charge in [0, 0.05) is 55.3 Å². The van der Waals surface area contributed by atoms with Gasteiger partial charge in [0.05, 0.1) is 22.1 Å². The summed E-state index contributed by atoms with van der Waals surface area (Å²) in [5, 5.41) is 0.712. The molecule has 0 saturated heterocycles. The average molecular weight is 405 g/mol. The summed E-state index contributed by atoms with van der Waals surface area (Å²) < 4.78 is 2.09. The molecule has 5 rings (SSSR count). The Morgan fingerprint density at radius 3 is 2.76 bits per heavy atom. The average Bonchev–Trinajstić information content (AvgIpc) is 3.03. The number of benzene rings is 1. The highest BCUT2D eigenvalue weighted by atomic mass is 35.5. The van der Waals surface area contributed by atoms with Crippen molar-refractivity contribution in [1.29, 1.82) is 0 Å². The van der Waals surface area contributed by atoms with Crippen LogP contribution in [0.1, 0.15) is 22.6 Å². The number of aromatic nitrogens is 4. The summed E-state index contributed by atoms with van der Waals surface area (Å²) in [6.07, 6.45) is 4.79. The molecule has 1 aliphatic heterocycles. The molecule has 0 fully saturated rings. The van der Waals surface area contributed by atoms with Gasteiger partial charge in [-0.15, -0.1) is 0 Å². The van der Waals surface area contributed by atoms with Crippen LogP contribution in [0.5, 0.6) is 0 Å². The molecule has 0 unspecified atom stereocenters. The van der Waals surface area contributed by atoms with E-state index in [4.69, 9.17) is 22.3 Å². The highest BCUT2D eigenvalue weighted by Gasteiger charge is 2.21. The van der Waals surface area contributed by atoms with Gasteiger partial charge < -0.3 is 10.1 Å². The zero-order chi connectivity index (χ0) is 20.0. The number of rotatable bonds is 3. The van der Waals surface area contributed by atoms with Crippen molar-refractivity contribution in [3.05, 3.63) is 76.5 Å². The number of fused-ring (bicyclic) bond motifs is 2. The molecule has 1 aromatic carbocycles. The highest BCUT2D eigenvalue weighted by Crippen LogP contribution is 2.24. The summed E-state index contributed by atoms with van der Waals surface area (Å²) in [6.45, 7) is 4.63. The van der Waals surface area contributed by atoms with Crippen molar-refractivity contribution in [2.45, 2.75) is 26.4 Å². The Balaban J connectivity index is 1.38. The van der Waals surface area contributed by atoms with E-state index in [9.17, 15) is 0 Å². The maximum atomic E-state index is 6.20. The molecule has 0 bridgehead atoms. The van der Waals surface area contributed by atoms with Crippen molar-refractivity contribution >= 4 is 22.9 Å². The van der Waals surface area contributed by atoms with Crippen LogP contribution in [-0.4, -0.2) is 30.8 Å². The van der Waals surface area contributed by atoms with E-state index in [0.29, 0.717) is 5.02 Å². The first-order chi connectivity index (χ1) is 14.1. The summed E-state index contributed by atoms with van der Waals surface area (Å²) in [6, 6.07) is 11.5. The van der Waals surface area contributed by atoms with Crippen LogP contribution in [0.25, 0.3) is 17.0 Å². The van der Waals surface area contributed by atoms with Crippen molar-refractivity contribution in [1.82, 2.24) is 24.3 Å². The summed E-state index contributed by atoms with van der Waals surface area (Å²) in [5.74, 6) is 0.754. The molecule has 4 heterocycles. The number of hydrogen-bond acceptors (Lipinski definition) is 5. The number of hydrogen-bond donors (Lipinski definition) is 1. The Hall–Kier alpha value is -2.96. The Morgan fingerprint density at radius 1 is 1.10 bits per heavy atom. The van der Waals surface area contributed by atoms with Gasteiger partial charge in [-0.25, -0.2) is 15.0 Å². The fraction of sp³-hybridized carbons (Fsp3) is 0.227. The third-order valence-electron chi connectivity index (χ3n) is 5.44. The lowest BCUT2D eigenvalue weighted by molar-refractivity contribution is 0.239. The molecule has 0 saturated carbocycles. The van der Waals surface area contributed by atoms with Gasteiger partial charge >= 0.3 is 0 Å². The molecule has 29 heavy (non-hydrogen) atoms. The van der Waals surface area contributed by atoms with Crippen LogP contribution >= 0.6 is 11.6 Å². The predicted molar refractivity (Wildman–Crippen MR) is 115 cm³/mol. The van der Waals surface area contributed by atoms with Gasteiger partial charge in [-0.3, -0.25) is 4.90 Å². The highest BCUT2D eigenvalue weighted by molar-refractivity contribution is 6.30. The molecule has 3 aromatic heterocycles. The van der Waals surface area contributed by atoms with Crippen LogP contribution in [0.3, 0.4) is 0 Å². The fourth-order valence-electron chi connectivity index (χ4n) is 3.87. The smallest absolute Gasteiger partial charge is 0.159 e. The quantitative estimate of drug-likeness (QED) is 0.524. The second kappa shape index (κ2) is 7.13. The van der Waals surface area contributed by atoms with Gasteiger partial charge in [-0.1, -0.05) is 11.6 Å². The Morgan fingerprint density at radius 2 is 1.93 bits per heavy atom. The van der Waals surface area contributed by atoms with Gasteiger partial charge in [0.2, 0.25) is 0 Å². The number of anilines is 1. The number of nitrogens with zero attached hydrogens (tertiary/aromatic N) is 5. The SMILES string of the molecule is Cc1nc2ccc(Cl)cn2c1CN1CCc2nc(-c3ccc(N)cc3)ncc2C1. The first-order valence-electron chi connectivity index (χ1n) is 9.63. The summed E-state index contributed by atoms with van der Waals surface area (Å²) in [4.78, 5) is 16.5. The Labute approximate surface area is 174 Å². The lowest BCUT2D eigenvalue weighted by Crippen LogP contribution is -2.31. The van der Waals surface area contributed by atoms with Crippen molar-refractivity contribution in [3.63, 3.8) is 0 Å². The zero-order valence-electron chi connectivity index (χ0n) is 16.1. The molecule has 146 valence electrons. The molecule has 1 aliphatic rings. The van der Waals surface area contributed by atoms with Gasteiger partial charge in [-0.2, -0.15) is 0 Å². The van der Waals surface area contributed by atoms with E-state index < -0.39 is 0 Å². The second-order valence-corrected chi connectivity index (χ2v) is 7.90. The largest absolute Gasteiger partial charge is 0.399 e. The van der Waals surface area contributed by atoms with E-state index in [1.807, 2.05) is 48.8 Å². The summed E-state index contributed by atoms with van der Waals surface area (Å²) in [7, 11) is 0. The van der Waals surface area contributed by atoms with E-state index >= 15 is 0 Å². The maximum Gasteiger partial charge on any atom is 0.159 e. The topological polar surface area (TPSA) is 72.3 Å². The van der Waals surface area contributed by atoms with E-state index in [0.717, 1.165) is 60.2 Å². The summed E-state index contributed by atoms with van der Waals surface area (Å²) >= 11 is 6.20.